The first-order chi connectivity index (χ1) is 11.1. The van der Waals surface area contributed by atoms with E-state index in [1.807, 2.05) is 13.0 Å². The Morgan fingerprint density at radius 2 is 1.96 bits per heavy atom. The lowest BCUT2D eigenvalue weighted by molar-refractivity contribution is 0.0747. The van der Waals surface area contributed by atoms with Gasteiger partial charge in [0.15, 0.2) is 0 Å². The van der Waals surface area contributed by atoms with Gasteiger partial charge in [0.2, 0.25) is 5.82 Å². The molecule has 3 N–H and O–H groups in total. The molecular formula is C16H24Cl2N6O. The van der Waals surface area contributed by atoms with Crippen LogP contribution >= 0.6 is 24.8 Å². The van der Waals surface area contributed by atoms with Crippen LogP contribution in [0.3, 0.4) is 0 Å². The van der Waals surface area contributed by atoms with Crippen molar-refractivity contribution in [1.82, 2.24) is 24.9 Å². The highest BCUT2D eigenvalue weighted by Crippen LogP contribution is 2.39. The molecule has 2 fully saturated rings. The number of nitrogens with zero attached hydrogens (tertiary/aromatic N) is 4. The van der Waals surface area contributed by atoms with Crippen molar-refractivity contribution in [2.45, 2.75) is 51.1 Å². The van der Waals surface area contributed by atoms with Crippen LogP contribution in [-0.4, -0.2) is 37.6 Å². The fourth-order valence-corrected chi connectivity index (χ4v) is 4.24. The Labute approximate surface area is 159 Å². The van der Waals surface area contributed by atoms with Crippen molar-refractivity contribution in [1.29, 1.82) is 0 Å². The minimum atomic E-state index is -0.202. The van der Waals surface area contributed by atoms with Crippen molar-refractivity contribution in [2.75, 3.05) is 0 Å². The van der Waals surface area contributed by atoms with E-state index in [0.29, 0.717) is 17.6 Å². The Balaban J connectivity index is 0.00000113. The number of nitrogens with two attached hydrogens (primary N) is 1. The third-order valence-corrected chi connectivity index (χ3v) is 5.31. The topological polar surface area (TPSA) is 98.2 Å². The molecule has 2 aliphatic carbocycles. The highest BCUT2D eigenvalue weighted by Gasteiger charge is 2.40. The van der Waals surface area contributed by atoms with Crippen LogP contribution in [0.1, 0.15) is 48.4 Å². The Hall–Kier alpha value is -1.44. The molecule has 2 bridgehead atoms. The maximum atomic E-state index is 12.6. The first kappa shape index (κ1) is 19.9. The van der Waals surface area contributed by atoms with Gasteiger partial charge in [0.25, 0.3) is 11.7 Å². The molecule has 4 rings (SSSR count). The second-order valence-corrected chi connectivity index (χ2v) is 6.92. The number of nitrogens with one attached hydrogen (secondary N) is 1. The van der Waals surface area contributed by atoms with E-state index >= 15 is 0 Å². The number of fused-ring (bicyclic) bond motifs is 3. The SMILES string of the molecule is Cc1ccnc2nc(C(=O)NC3C4CCCC3CC(N)C4)nn12.Cl.Cl. The quantitative estimate of drug-likeness (QED) is 0.820. The first-order valence-electron chi connectivity index (χ1n) is 8.36. The molecule has 0 spiro atoms. The lowest BCUT2D eigenvalue weighted by atomic mass is 9.67. The van der Waals surface area contributed by atoms with Gasteiger partial charge in [-0.2, -0.15) is 4.98 Å². The van der Waals surface area contributed by atoms with Crippen LogP contribution in [0, 0.1) is 18.8 Å². The lowest BCUT2D eigenvalue weighted by Crippen LogP contribution is -2.53. The van der Waals surface area contributed by atoms with Gasteiger partial charge in [0, 0.05) is 24.0 Å². The van der Waals surface area contributed by atoms with E-state index in [9.17, 15) is 4.79 Å². The van der Waals surface area contributed by atoms with Crippen LogP contribution in [0.2, 0.25) is 0 Å². The zero-order chi connectivity index (χ0) is 16.0. The highest BCUT2D eigenvalue weighted by molar-refractivity contribution is 5.91. The van der Waals surface area contributed by atoms with Gasteiger partial charge >= 0.3 is 0 Å². The van der Waals surface area contributed by atoms with Crippen LogP contribution < -0.4 is 11.1 Å². The highest BCUT2D eigenvalue weighted by atomic mass is 35.5. The summed E-state index contributed by atoms with van der Waals surface area (Å²) >= 11 is 0. The van der Waals surface area contributed by atoms with Crippen molar-refractivity contribution >= 4 is 36.5 Å². The number of carbonyl (C=O) groups is 1. The molecule has 0 radical (unpaired) electrons. The minimum Gasteiger partial charge on any atom is -0.346 e. The van der Waals surface area contributed by atoms with E-state index in [4.69, 9.17) is 5.73 Å². The van der Waals surface area contributed by atoms with Gasteiger partial charge < -0.3 is 11.1 Å². The molecule has 1 amide bonds. The Bertz CT molecular complexity index is 737. The Morgan fingerprint density at radius 3 is 2.60 bits per heavy atom. The number of aryl methyl sites for hydroxylation is 1. The fraction of sp³-hybridized carbons (Fsp3) is 0.625. The molecule has 0 aliphatic heterocycles. The van der Waals surface area contributed by atoms with Crippen molar-refractivity contribution in [3.05, 3.63) is 23.8 Å². The predicted molar refractivity (Wildman–Crippen MR) is 99.3 cm³/mol. The largest absolute Gasteiger partial charge is 0.346 e. The van der Waals surface area contributed by atoms with E-state index in [2.05, 4.69) is 20.4 Å². The van der Waals surface area contributed by atoms with Gasteiger partial charge in [-0.1, -0.05) is 6.42 Å². The van der Waals surface area contributed by atoms with Gasteiger partial charge in [-0.3, -0.25) is 4.79 Å². The average Bonchev–Trinajstić information content (AvgIpc) is 2.94. The molecule has 25 heavy (non-hydrogen) atoms. The molecule has 2 saturated carbocycles. The predicted octanol–water partition coefficient (Wildman–Crippen LogP) is 1.91. The molecule has 0 saturated heterocycles. The smallest absolute Gasteiger partial charge is 0.291 e. The third-order valence-electron chi connectivity index (χ3n) is 5.31. The lowest BCUT2D eigenvalue weighted by Gasteiger charge is -2.45. The molecule has 7 nitrogen and oxygen atoms in total. The van der Waals surface area contributed by atoms with Gasteiger partial charge in [0.1, 0.15) is 0 Å². The number of halogens is 2. The van der Waals surface area contributed by atoms with E-state index < -0.39 is 0 Å². The molecule has 2 atom stereocenters. The maximum Gasteiger partial charge on any atom is 0.291 e. The summed E-state index contributed by atoms with van der Waals surface area (Å²) in [6, 6.07) is 2.33. The number of carbonyl (C=O) groups excluding carboxylic acids is 1. The van der Waals surface area contributed by atoms with Gasteiger partial charge in [-0.15, -0.1) is 29.9 Å². The number of hydrogen-bond donors (Lipinski definition) is 2. The zero-order valence-electron chi connectivity index (χ0n) is 14.1. The zero-order valence-corrected chi connectivity index (χ0v) is 15.7. The molecule has 2 aliphatic rings. The monoisotopic (exact) mass is 386 g/mol. The van der Waals surface area contributed by atoms with E-state index in [-0.39, 0.29) is 48.6 Å². The number of hydrogen-bond acceptors (Lipinski definition) is 5. The van der Waals surface area contributed by atoms with Crippen molar-refractivity contribution < 1.29 is 4.79 Å². The normalized spacial score (nSPS) is 27.9. The van der Waals surface area contributed by atoms with Crippen LogP contribution in [-0.2, 0) is 0 Å². The molecule has 2 aromatic rings. The summed E-state index contributed by atoms with van der Waals surface area (Å²) in [7, 11) is 0. The third kappa shape index (κ3) is 3.73. The number of aromatic nitrogens is 4. The number of amides is 1. The maximum absolute atomic E-state index is 12.6. The van der Waals surface area contributed by atoms with Crippen molar-refractivity contribution in [3.8, 4) is 0 Å². The van der Waals surface area contributed by atoms with E-state index in [1.165, 1.54) is 6.42 Å². The fourth-order valence-electron chi connectivity index (χ4n) is 4.24. The average molecular weight is 387 g/mol. The summed E-state index contributed by atoms with van der Waals surface area (Å²) in [4.78, 5) is 21.0. The molecule has 138 valence electrons. The minimum absolute atomic E-state index is 0. The summed E-state index contributed by atoms with van der Waals surface area (Å²) < 4.78 is 1.60. The second-order valence-electron chi connectivity index (χ2n) is 6.92. The second kappa shape index (κ2) is 7.85. The first-order valence-corrected chi connectivity index (χ1v) is 8.36. The van der Waals surface area contributed by atoms with Gasteiger partial charge in [-0.05, 0) is 50.5 Å². The molecule has 0 aromatic carbocycles. The van der Waals surface area contributed by atoms with Crippen molar-refractivity contribution in [2.24, 2.45) is 17.6 Å². The van der Waals surface area contributed by atoms with Crippen molar-refractivity contribution in [3.63, 3.8) is 0 Å². The number of rotatable bonds is 2. The Morgan fingerprint density at radius 1 is 1.28 bits per heavy atom. The molecule has 2 unspecified atom stereocenters. The van der Waals surface area contributed by atoms with Crippen LogP contribution in [0.25, 0.3) is 5.78 Å². The molecule has 9 heteroatoms. The standard InChI is InChI=1S/C16H22N6O.2ClH/c1-9-5-6-18-16-20-14(21-22(9)16)15(23)19-13-10-3-2-4-11(13)8-12(17)7-10;;/h5-6,10-13H,2-4,7-8,17H2,1H3,(H,19,23);2*1H. The van der Waals surface area contributed by atoms with Gasteiger partial charge in [-0.25, -0.2) is 9.50 Å². The van der Waals surface area contributed by atoms with Crippen LogP contribution in [0.5, 0.6) is 0 Å². The molecule has 2 aromatic heterocycles. The summed E-state index contributed by atoms with van der Waals surface area (Å²) in [6.07, 6.45) is 7.21. The van der Waals surface area contributed by atoms with Crippen LogP contribution in [0.15, 0.2) is 12.3 Å². The van der Waals surface area contributed by atoms with E-state index in [0.717, 1.165) is 31.4 Å². The Kier molecular flexibility index (Phi) is 6.24. The van der Waals surface area contributed by atoms with E-state index in [1.54, 1.807) is 10.7 Å². The summed E-state index contributed by atoms with van der Waals surface area (Å²) in [6.45, 7) is 1.91. The molecule has 2 heterocycles. The summed E-state index contributed by atoms with van der Waals surface area (Å²) in [5, 5.41) is 7.47. The summed E-state index contributed by atoms with van der Waals surface area (Å²) in [5.74, 6) is 1.42. The summed E-state index contributed by atoms with van der Waals surface area (Å²) in [5.41, 5.74) is 7.05. The molecular weight excluding hydrogens is 363 g/mol. The van der Waals surface area contributed by atoms with Gasteiger partial charge in [0.05, 0.1) is 0 Å². The van der Waals surface area contributed by atoms with Crippen LogP contribution in [0.4, 0.5) is 0 Å².